The summed E-state index contributed by atoms with van der Waals surface area (Å²) in [7, 11) is 0. The molecule has 1 nitrogen and oxygen atoms in total. The predicted molar refractivity (Wildman–Crippen MR) is 86.5 cm³/mol. The Balaban J connectivity index is 4.60. The van der Waals surface area contributed by atoms with E-state index in [-0.39, 0.29) is 0 Å². The van der Waals surface area contributed by atoms with Crippen LogP contribution in [0.4, 0.5) is 0 Å². The molecule has 0 amide bonds. The molecule has 0 rings (SSSR count). The van der Waals surface area contributed by atoms with Gasteiger partial charge in [0.15, 0.2) is 0 Å². The summed E-state index contributed by atoms with van der Waals surface area (Å²) in [5.41, 5.74) is 1.62. The number of ether oxygens (including phenoxy) is 1. The predicted octanol–water partition coefficient (Wildman–Crippen LogP) is 6.63. The highest BCUT2D eigenvalue weighted by molar-refractivity contribution is 5.09. The molecule has 0 atom stereocenters. The first kappa shape index (κ1) is 18.5. The fraction of sp³-hybridized carbons (Fsp3) is 0.889. The van der Waals surface area contributed by atoms with Gasteiger partial charge in [0.25, 0.3) is 0 Å². The Morgan fingerprint density at radius 2 is 1.11 bits per heavy atom. The second-order valence-corrected chi connectivity index (χ2v) is 5.54. The summed E-state index contributed by atoms with van der Waals surface area (Å²) >= 11 is 0. The van der Waals surface area contributed by atoms with Gasteiger partial charge in [0, 0.05) is 6.42 Å². The van der Waals surface area contributed by atoms with Crippen LogP contribution in [0.2, 0.25) is 0 Å². The molecule has 19 heavy (non-hydrogen) atoms. The van der Waals surface area contributed by atoms with Gasteiger partial charge < -0.3 is 4.74 Å². The number of hydrogen-bond acceptors (Lipinski definition) is 1. The molecule has 1 heteroatoms. The summed E-state index contributed by atoms with van der Waals surface area (Å²) in [5.74, 6) is 1.34. The van der Waals surface area contributed by atoms with Gasteiger partial charge in [0.1, 0.15) is 0 Å². The van der Waals surface area contributed by atoms with E-state index in [0.29, 0.717) is 0 Å². The smallest absolute Gasteiger partial charge is 0.0951 e. The fourth-order valence-electron chi connectivity index (χ4n) is 2.21. The van der Waals surface area contributed by atoms with E-state index in [4.69, 9.17) is 4.74 Å². The van der Waals surface area contributed by atoms with Crippen molar-refractivity contribution >= 4 is 0 Å². The molecule has 0 heterocycles. The Morgan fingerprint density at radius 1 is 0.632 bits per heavy atom. The summed E-state index contributed by atoms with van der Waals surface area (Å²) in [6.45, 7) is 9.97. The number of hydrogen-bond donors (Lipinski definition) is 0. The Hall–Kier alpha value is -0.460. The Morgan fingerprint density at radius 3 is 1.58 bits per heavy atom. The Kier molecular flexibility index (Phi) is 13.6. The number of unbranched alkanes of at least 4 members (excludes halogenated alkanes) is 4. The molecule has 0 bridgehead atoms. The summed E-state index contributed by atoms with van der Waals surface area (Å²) < 4.78 is 6.12. The molecule has 0 aromatic carbocycles. The highest BCUT2D eigenvalue weighted by Gasteiger charge is 2.08. The largest absolute Gasteiger partial charge is 0.498 e. The summed E-state index contributed by atoms with van der Waals surface area (Å²) in [6, 6.07) is 0. The van der Waals surface area contributed by atoms with Crippen molar-refractivity contribution in [1.82, 2.24) is 0 Å². The molecule has 0 radical (unpaired) electrons. The molecule has 0 spiro atoms. The Labute approximate surface area is 121 Å². The van der Waals surface area contributed by atoms with E-state index in [2.05, 4.69) is 27.7 Å². The van der Waals surface area contributed by atoms with Crippen LogP contribution < -0.4 is 0 Å². The van der Waals surface area contributed by atoms with Crippen molar-refractivity contribution < 1.29 is 4.74 Å². The van der Waals surface area contributed by atoms with Gasteiger partial charge in [0.2, 0.25) is 0 Å². The third-order valence-electron chi connectivity index (χ3n) is 3.59. The summed E-state index contributed by atoms with van der Waals surface area (Å²) in [5, 5.41) is 0. The van der Waals surface area contributed by atoms with E-state index < -0.39 is 0 Å². The Bertz CT molecular complexity index is 208. The van der Waals surface area contributed by atoms with Crippen molar-refractivity contribution in [3.8, 4) is 0 Å². The zero-order valence-corrected chi connectivity index (χ0v) is 13.9. The lowest BCUT2D eigenvalue weighted by atomic mass is 9.99. The fourth-order valence-corrected chi connectivity index (χ4v) is 2.21. The minimum absolute atomic E-state index is 0.914. The van der Waals surface area contributed by atoms with Crippen molar-refractivity contribution in [2.75, 3.05) is 6.61 Å². The van der Waals surface area contributed by atoms with Crippen molar-refractivity contribution in [3.05, 3.63) is 11.3 Å². The average molecular weight is 268 g/mol. The van der Waals surface area contributed by atoms with Gasteiger partial charge in [0.05, 0.1) is 12.4 Å². The lowest BCUT2D eigenvalue weighted by Gasteiger charge is -2.17. The van der Waals surface area contributed by atoms with Crippen LogP contribution in [-0.2, 0) is 4.74 Å². The SMILES string of the molecule is CCCCOC(CCCC)=C(CCCC)CCCC. The van der Waals surface area contributed by atoms with Gasteiger partial charge in [-0.15, -0.1) is 0 Å². The van der Waals surface area contributed by atoms with Crippen LogP contribution in [0, 0.1) is 0 Å². The van der Waals surface area contributed by atoms with Crippen LogP contribution >= 0.6 is 0 Å². The number of rotatable bonds is 13. The molecular weight excluding hydrogens is 232 g/mol. The van der Waals surface area contributed by atoms with E-state index in [0.717, 1.165) is 13.0 Å². The molecule has 0 aliphatic rings. The van der Waals surface area contributed by atoms with Crippen molar-refractivity contribution in [3.63, 3.8) is 0 Å². The monoisotopic (exact) mass is 268 g/mol. The first-order valence-electron chi connectivity index (χ1n) is 8.63. The van der Waals surface area contributed by atoms with Gasteiger partial charge in [-0.1, -0.05) is 53.4 Å². The second-order valence-electron chi connectivity index (χ2n) is 5.54. The summed E-state index contributed by atoms with van der Waals surface area (Å²) in [6.07, 6.45) is 13.8. The molecule has 0 fully saturated rings. The quantitative estimate of drug-likeness (QED) is 0.269. The molecule has 0 aliphatic carbocycles. The maximum absolute atomic E-state index is 6.12. The minimum atomic E-state index is 0.914. The van der Waals surface area contributed by atoms with Gasteiger partial charge in [-0.25, -0.2) is 0 Å². The van der Waals surface area contributed by atoms with E-state index in [1.54, 1.807) is 5.57 Å². The van der Waals surface area contributed by atoms with E-state index in [9.17, 15) is 0 Å². The zero-order chi connectivity index (χ0) is 14.3. The van der Waals surface area contributed by atoms with Crippen LogP contribution in [0.1, 0.15) is 98.3 Å². The molecule has 0 aromatic heterocycles. The van der Waals surface area contributed by atoms with E-state index >= 15 is 0 Å². The molecule has 0 saturated heterocycles. The minimum Gasteiger partial charge on any atom is -0.498 e. The van der Waals surface area contributed by atoms with Crippen molar-refractivity contribution in [2.24, 2.45) is 0 Å². The first-order valence-corrected chi connectivity index (χ1v) is 8.63. The van der Waals surface area contributed by atoms with E-state index in [1.807, 2.05) is 0 Å². The zero-order valence-electron chi connectivity index (χ0n) is 13.9. The third kappa shape index (κ3) is 10.0. The third-order valence-corrected chi connectivity index (χ3v) is 3.59. The number of allylic oxidation sites excluding steroid dienone is 2. The normalized spacial score (nSPS) is 10.5. The molecule has 0 aromatic rings. The molecule has 0 saturated carbocycles. The standard InChI is InChI=1S/C18H36O/c1-5-9-13-17(14-10-6-2)18(15-11-7-3)19-16-12-8-4/h5-16H2,1-4H3. The van der Waals surface area contributed by atoms with Gasteiger partial charge >= 0.3 is 0 Å². The molecular formula is C18H36O. The van der Waals surface area contributed by atoms with Gasteiger partial charge in [-0.2, -0.15) is 0 Å². The maximum Gasteiger partial charge on any atom is 0.0951 e. The highest BCUT2D eigenvalue weighted by Crippen LogP contribution is 2.24. The molecule has 0 unspecified atom stereocenters. The molecule has 0 aliphatic heterocycles. The van der Waals surface area contributed by atoms with Crippen molar-refractivity contribution in [1.29, 1.82) is 0 Å². The second kappa shape index (κ2) is 14.0. The van der Waals surface area contributed by atoms with Gasteiger partial charge in [-0.3, -0.25) is 0 Å². The average Bonchev–Trinajstić information content (AvgIpc) is 2.43. The molecule has 0 N–H and O–H groups in total. The van der Waals surface area contributed by atoms with Crippen molar-refractivity contribution in [2.45, 2.75) is 98.3 Å². The van der Waals surface area contributed by atoms with Crippen LogP contribution in [0.15, 0.2) is 11.3 Å². The van der Waals surface area contributed by atoms with Crippen LogP contribution in [0.3, 0.4) is 0 Å². The topological polar surface area (TPSA) is 9.23 Å². The van der Waals surface area contributed by atoms with Crippen LogP contribution in [0.25, 0.3) is 0 Å². The first-order chi connectivity index (χ1) is 9.29. The summed E-state index contributed by atoms with van der Waals surface area (Å²) in [4.78, 5) is 0. The molecule has 114 valence electrons. The van der Waals surface area contributed by atoms with Gasteiger partial charge in [-0.05, 0) is 44.1 Å². The lowest BCUT2D eigenvalue weighted by Crippen LogP contribution is -2.01. The lowest BCUT2D eigenvalue weighted by molar-refractivity contribution is 0.190. The maximum atomic E-state index is 6.12. The highest BCUT2D eigenvalue weighted by atomic mass is 16.5. The van der Waals surface area contributed by atoms with E-state index in [1.165, 1.54) is 70.0 Å². The van der Waals surface area contributed by atoms with Crippen LogP contribution in [0.5, 0.6) is 0 Å². The van der Waals surface area contributed by atoms with Crippen LogP contribution in [-0.4, -0.2) is 6.61 Å².